The Hall–Kier alpha value is -2.53. The number of benzene rings is 2. The molecule has 2 aromatic rings. The summed E-state index contributed by atoms with van der Waals surface area (Å²) in [5.41, 5.74) is 3.37. The van der Waals surface area contributed by atoms with E-state index in [0.29, 0.717) is 10.7 Å². The van der Waals surface area contributed by atoms with Crippen molar-refractivity contribution >= 4 is 40.5 Å². The van der Waals surface area contributed by atoms with Crippen LogP contribution in [0.4, 0.5) is 17.1 Å². The van der Waals surface area contributed by atoms with Crippen molar-refractivity contribution in [2.45, 2.75) is 32.6 Å². The summed E-state index contributed by atoms with van der Waals surface area (Å²) in [6, 6.07) is 12.9. The Morgan fingerprint density at radius 1 is 1.00 bits per heavy atom. The van der Waals surface area contributed by atoms with E-state index in [1.54, 1.807) is 12.1 Å². The fourth-order valence-electron chi connectivity index (χ4n) is 3.31. The summed E-state index contributed by atoms with van der Waals surface area (Å²) in [7, 11) is 0. The molecule has 1 heterocycles. The van der Waals surface area contributed by atoms with Gasteiger partial charge in [-0.1, -0.05) is 23.7 Å². The predicted molar refractivity (Wildman–Crippen MR) is 111 cm³/mol. The van der Waals surface area contributed by atoms with Crippen molar-refractivity contribution in [1.29, 1.82) is 0 Å². The van der Waals surface area contributed by atoms with E-state index in [1.165, 1.54) is 13.3 Å². The van der Waals surface area contributed by atoms with Crippen molar-refractivity contribution in [3.63, 3.8) is 0 Å². The molecule has 0 unspecified atom stereocenters. The lowest BCUT2D eigenvalue weighted by Gasteiger charge is -2.30. The average molecular weight is 386 g/mol. The smallest absolute Gasteiger partial charge is 0.228 e. The largest absolute Gasteiger partial charge is 0.370 e. The average Bonchev–Trinajstić information content (AvgIpc) is 2.64. The lowest BCUT2D eigenvalue weighted by atomic mass is 10.1. The number of nitrogens with one attached hydrogen (secondary N) is 2. The second kappa shape index (κ2) is 8.91. The van der Waals surface area contributed by atoms with Crippen molar-refractivity contribution in [2.75, 3.05) is 28.6 Å². The molecule has 0 spiro atoms. The van der Waals surface area contributed by atoms with Crippen molar-refractivity contribution in [3.8, 4) is 0 Å². The zero-order chi connectivity index (χ0) is 19.2. The molecule has 0 aromatic heterocycles. The van der Waals surface area contributed by atoms with Crippen LogP contribution in [-0.4, -0.2) is 24.9 Å². The van der Waals surface area contributed by atoms with Gasteiger partial charge >= 0.3 is 0 Å². The normalized spacial score (nSPS) is 13.9. The first-order chi connectivity index (χ1) is 13.0. The molecular weight excluding hydrogens is 362 g/mol. The minimum Gasteiger partial charge on any atom is -0.370 e. The molecular formula is C21H24ClN3O2. The van der Waals surface area contributed by atoms with E-state index in [1.807, 2.05) is 30.3 Å². The second-order valence-electron chi connectivity index (χ2n) is 6.81. The predicted octanol–water partition coefficient (Wildman–Crippen LogP) is 4.47. The summed E-state index contributed by atoms with van der Waals surface area (Å²) < 4.78 is 0. The fourth-order valence-corrected chi connectivity index (χ4v) is 3.48. The van der Waals surface area contributed by atoms with Gasteiger partial charge in [-0.3, -0.25) is 9.59 Å². The highest BCUT2D eigenvalue weighted by atomic mass is 35.5. The van der Waals surface area contributed by atoms with Gasteiger partial charge in [0, 0.05) is 30.7 Å². The van der Waals surface area contributed by atoms with Gasteiger partial charge in [-0.05, 0) is 55.2 Å². The maximum Gasteiger partial charge on any atom is 0.228 e. The highest BCUT2D eigenvalue weighted by Crippen LogP contribution is 2.31. The number of anilines is 3. The van der Waals surface area contributed by atoms with Gasteiger partial charge in [0.15, 0.2) is 0 Å². The number of halogens is 1. The molecule has 6 heteroatoms. The number of amides is 2. The number of piperidine rings is 1. The number of hydrogen-bond donors (Lipinski definition) is 2. The number of carbonyl (C=O) groups is 2. The maximum atomic E-state index is 12.5. The molecule has 0 aliphatic carbocycles. The van der Waals surface area contributed by atoms with E-state index < -0.39 is 0 Å². The van der Waals surface area contributed by atoms with Crippen LogP contribution in [0.5, 0.6) is 0 Å². The van der Waals surface area contributed by atoms with E-state index >= 15 is 0 Å². The molecule has 5 nitrogen and oxygen atoms in total. The van der Waals surface area contributed by atoms with Gasteiger partial charge in [-0.15, -0.1) is 0 Å². The lowest BCUT2D eigenvalue weighted by molar-refractivity contribution is -0.116. The Morgan fingerprint density at radius 3 is 2.37 bits per heavy atom. The van der Waals surface area contributed by atoms with Crippen LogP contribution in [0.1, 0.15) is 31.7 Å². The zero-order valence-electron chi connectivity index (χ0n) is 15.4. The SMILES string of the molecule is CC(=O)Nc1ccc(CC(=O)Nc2cc(Cl)ccc2N2CCCCC2)cc1. The molecule has 1 aliphatic heterocycles. The summed E-state index contributed by atoms with van der Waals surface area (Å²) in [5, 5.41) is 6.33. The van der Waals surface area contributed by atoms with Crippen LogP contribution in [0.25, 0.3) is 0 Å². The summed E-state index contributed by atoms with van der Waals surface area (Å²) >= 11 is 6.15. The quantitative estimate of drug-likeness (QED) is 0.798. The van der Waals surface area contributed by atoms with Crippen LogP contribution in [0.15, 0.2) is 42.5 Å². The highest BCUT2D eigenvalue weighted by Gasteiger charge is 2.16. The highest BCUT2D eigenvalue weighted by molar-refractivity contribution is 6.31. The van der Waals surface area contributed by atoms with Crippen molar-refractivity contribution in [3.05, 3.63) is 53.1 Å². The summed E-state index contributed by atoms with van der Waals surface area (Å²) in [6.45, 7) is 3.45. The molecule has 0 radical (unpaired) electrons. The Labute approximate surface area is 164 Å². The lowest BCUT2D eigenvalue weighted by Crippen LogP contribution is -2.30. The molecule has 2 N–H and O–H groups in total. The van der Waals surface area contributed by atoms with Gasteiger partial charge in [0.1, 0.15) is 0 Å². The zero-order valence-corrected chi connectivity index (χ0v) is 16.2. The molecule has 2 aromatic carbocycles. The van der Waals surface area contributed by atoms with Gasteiger partial charge in [-0.25, -0.2) is 0 Å². The van der Waals surface area contributed by atoms with E-state index in [-0.39, 0.29) is 18.2 Å². The minimum absolute atomic E-state index is 0.0946. The fraction of sp³-hybridized carbons (Fsp3) is 0.333. The number of rotatable bonds is 5. The first kappa shape index (κ1) is 19.2. The molecule has 1 aliphatic rings. The van der Waals surface area contributed by atoms with Crippen molar-refractivity contribution < 1.29 is 9.59 Å². The van der Waals surface area contributed by atoms with Crippen LogP contribution in [0.2, 0.25) is 5.02 Å². The van der Waals surface area contributed by atoms with Crippen LogP contribution < -0.4 is 15.5 Å². The van der Waals surface area contributed by atoms with E-state index in [9.17, 15) is 9.59 Å². The van der Waals surface area contributed by atoms with E-state index in [4.69, 9.17) is 11.6 Å². The Kier molecular flexibility index (Phi) is 6.35. The first-order valence-electron chi connectivity index (χ1n) is 9.22. The van der Waals surface area contributed by atoms with Crippen LogP contribution in [-0.2, 0) is 16.0 Å². The molecule has 0 atom stereocenters. The number of carbonyl (C=O) groups excluding carboxylic acids is 2. The molecule has 1 fully saturated rings. The third-order valence-electron chi connectivity index (χ3n) is 4.57. The maximum absolute atomic E-state index is 12.5. The van der Waals surface area contributed by atoms with E-state index in [2.05, 4.69) is 15.5 Å². The topological polar surface area (TPSA) is 61.4 Å². The van der Waals surface area contributed by atoms with Gasteiger partial charge in [0.05, 0.1) is 17.8 Å². The van der Waals surface area contributed by atoms with Crippen LogP contribution in [0, 0.1) is 0 Å². The Balaban J connectivity index is 1.68. The van der Waals surface area contributed by atoms with Crippen LogP contribution >= 0.6 is 11.6 Å². The summed E-state index contributed by atoms with van der Waals surface area (Å²) in [5.74, 6) is -0.213. The second-order valence-corrected chi connectivity index (χ2v) is 7.25. The van der Waals surface area contributed by atoms with E-state index in [0.717, 1.165) is 42.9 Å². The van der Waals surface area contributed by atoms with Gasteiger partial charge in [0.2, 0.25) is 11.8 Å². The van der Waals surface area contributed by atoms with Crippen molar-refractivity contribution in [2.24, 2.45) is 0 Å². The van der Waals surface area contributed by atoms with Gasteiger partial charge < -0.3 is 15.5 Å². The minimum atomic E-state index is -0.119. The van der Waals surface area contributed by atoms with Crippen molar-refractivity contribution in [1.82, 2.24) is 0 Å². The van der Waals surface area contributed by atoms with Crippen LogP contribution in [0.3, 0.4) is 0 Å². The monoisotopic (exact) mass is 385 g/mol. The Bertz CT molecular complexity index is 815. The van der Waals surface area contributed by atoms with Gasteiger partial charge in [0.25, 0.3) is 0 Å². The summed E-state index contributed by atoms with van der Waals surface area (Å²) in [4.78, 5) is 25.9. The standard InChI is InChI=1S/C21H24ClN3O2/c1-15(26)23-18-8-5-16(6-9-18)13-21(27)24-19-14-17(22)7-10-20(19)25-11-3-2-4-12-25/h5-10,14H,2-4,11-13H2,1H3,(H,23,26)(H,24,27). The molecule has 27 heavy (non-hydrogen) atoms. The molecule has 142 valence electrons. The first-order valence-corrected chi connectivity index (χ1v) is 9.60. The third-order valence-corrected chi connectivity index (χ3v) is 4.80. The molecule has 0 saturated carbocycles. The molecule has 1 saturated heterocycles. The number of hydrogen-bond acceptors (Lipinski definition) is 3. The summed E-state index contributed by atoms with van der Waals surface area (Å²) in [6.07, 6.45) is 3.83. The van der Waals surface area contributed by atoms with Gasteiger partial charge in [-0.2, -0.15) is 0 Å². The Morgan fingerprint density at radius 2 is 1.70 bits per heavy atom. The third kappa shape index (κ3) is 5.47. The number of nitrogens with zero attached hydrogens (tertiary/aromatic N) is 1. The molecule has 0 bridgehead atoms. The molecule has 3 rings (SSSR count). The molecule has 2 amide bonds.